The van der Waals surface area contributed by atoms with E-state index in [0.29, 0.717) is 0 Å². The molecule has 1 nitrogen and oxygen atoms in total. The van der Waals surface area contributed by atoms with Crippen molar-refractivity contribution in [2.24, 2.45) is 5.92 Å². The zero-order chi connectivity index (χ0) is 12.5. The molecule has 0 heterocycles. The number of halogens is 3. The highest BCUT2D eigenvalue weighted by Crippen LogP contribution is 2.37. The number of nitrogens with two attached hydrogens (primary N) is 1. The van der Waals surface area contributed by atoms with Crippen molar-refractivity contribution in [1.29, 1.82) is 0 Å². The van der Waals surface area contributed by atoms with Gasteiger partial charge in [-0.3, -0.25) is 0 Å². The molecule has 94 valence electrons. The molecule has 0 unspecified atom stereocenters. The molecule has 2 rings (SSSR count). The summed E-state index contributed by atoms with van der Waals surface area (Å²) in [7, 11) is 0. The molecular formula is C12H14F3NS. The van der Waals surface area contributed by atoms with Gasteiger partial charge < -0.3 is 5.73 Å². The van der Waals surface area contributed by atoms with Gasteiger partial charge in [-0.25, -0.2) is 0 Å². The van der Waals surface area contributed by atoms with E-state index in [1.807, 2.05) is 0 Å². The SMILES string of the molecule is Nc1cc(C(F)(F)F)ccc1SCCC1CC1. The Morgan fingerprint density at radius 2 is 2.00 bits per heavy atom. The Morgan fingerprint density at radius 1 is 1.29 bits per heavy atom. The van der Waals surface area contributed by atoms with Crippen LogP contribution in [0.4, 0.5) is 18.9 Å². The van der Waals surface area contributed by atoms with Crippen molar-refractivity contribution in [3.63, 3.8) is 0 Å². The molecule has 1 fully saturated rings. The van der Waals surface area contributed by atoms with Crippen LogP contribution in [-0.2, 0) is 6.18 Å². The number of hydrogen-bond acceptors (Lipinski definition) is 2. The van der Waals surface area contributed by atoms with Gasteiger partial charge in [0, 0.05) is 10.6 Å². The monoisotopic (exact) mass is 261 g/mol. The summed E-state index contributed by atoms with van der Waals surface area (Å²) in [5, 5.41) is 0. The average Bonchev–Trinajstić information content (AvgIpc) is 3.02. The maximum Gasteiger partial charge on any atom is 0.416 e. The molecule has 0 saturated heterocycles. The molecule has 17 heavy (non-hydrogen) atoms. The quantitative estimate of drug-likeness (QED) is 0.650. The molecule has 1 aromatic rings. The first-order valence-corrected chi connectivity index (χ1v) is 6.55. The summed E-state index contributed by atoms with van der Waals surface area (Å²) in [5.41, 5.74) is 5.17. The number of alkyl halides is 3. The first-order valence-electron chi connectivity index (χ1n) is 5.56. The normalized spacial score (nSPS) is 16.2. The third-order valence-corrected chi connectivity index (χ3v) is 3.94. The average molecular weight is 261 g/mol. The minimum absolute atomic E-state index is 0.223. The molecule has 2 N–H and O–H groups in total. The van der Waals surface area contributed by atoms with Gasteiger partial charge in [-0.2, -0.15) is 13.2 Å². The van der Waals surface area contributed by atoms with E-state index in [1.165, 1.54) is 18.9 Å². The van der Waals surface area contributed by atoms with Crippen LogP contribution in [0.3, 0.4) is 0 Å². The predicted molar refractivity (Wildman–Crippen MR) is 63.9 cm³/mol. The number of anilines is 1. The lowest BCUT2D eigenvalue weighted by Gasteiger charge is -2.10. The predicted octanol–water partition coefficient (Wildman–Crippen LogP) is 4.18. The number of thioether (sulfide) groups is 1. The smallest absolute Gasteiger partial charge is 0.398 e. The Hall–Kier alpha value is -0.840. The zero-order valence-electron chi connectivity index (χ0n) is 9.26. The minimum atomic E-state index is -4.31. The molecule has 5 heteroatoms. The second-order valence-electron chi connectivity index (χ2n) is 4.33. The lowest BCUT2D eigenvalue weighted by atomic mass is 10.2. The van der Waals surface area contributed by atoms with Crippen LogP contribution in [0.15, 0.2) is 23.1 Å². The van der Waals surface area contributed by atoms with Gasteiger partial charge in [-0.05, 0) is 36.3 Å². The van der Waals surface area contributed by atoms with E-state index < -0.39 is 11.7 Å². The minimum Gasteiger partial charge on any atom is -0.398 e. The standard InChI is InChI=1S/C12H14F3NS/c13-12(14,15)9-3-4-11(10(16)7-9)17-6-5-8-1-2-8/h3-4,7-8H,1-2,5-6,16H2. The lowest BCUT2D eigenvalue weighted by Crippen LogP contribution is -2.05. The van der Waals surface area contributed by atoms with Crippen molar-refractivity contribution >= 4 is 17.4 Å². The van der Waals surface area contributed by atoms with Gasteiger partial charge in [0.1, 0.15) is 0 Å². The summed E-state index contributed by atoms with van der Waals surface area (Å²) >= 11 is 1.54. The highest BCUT2D eigenvalue weighted by atomic mass is 32.2. The second kappa shape index (κ2) is 4.80. The molecule has 0 spiro atoms. The summed E-state index contributed by atoms with van der Waals surface area (Å²) in [6, 6.07) is 3.57. The van der Waals surface area contributed by atoms with Crippen LogP contribution < -0.4 is 5.73 Å². The molecule has 1 aliphatic rings. The summed E-state index contributed by atoms with van der Waals surface area (Å²) < 4.78 is 37.2. The van der Waals surface area contributed by atoms with Gasteiger partial charge in [-0.1, -0.05) is 12.8 Å². The highest BCUT2D eigenvalue weighted by Gasteiger charge is 2.30. The molecule has 1 aromatic carbocycles. The van der Waals surface area contributed by atoms with Crippen molar-refractivity contribution in [1.82, 2.24) is 0 Å². The van der Waals surface area contributed by atoms with Crippen LogP contribution in [0, 0.1) is 5.92 Å². The van der Waals surface area contributed by atoms with Gasteiger partial charge in [0.15, 0.2) is 0 Å². The van der Waals surface area contributed by atoms with Gasteiger partial charge in [0.2, 0.25) is 0 Å². The molecule has 0 bridgehead atoms. The Labute approximate surface area is 103 Å². The van der Waals surface area contributed by atoms with Crippen LogP contribution in [0.25, 0.3) is 0 Å². The fourth-order valence-electron chi connectivity index (χ4n) is 1.60. The van der Waals surface area contributed by atoms with E-state index in [0.717, 1.165) is 35.1 Å². The molecule has 1 saturated carbocycles. The van der Waals surface area contributed by atoms with Crippen LogP contribution in [0.5, 0.6) is 0 Å². The first kappa shape index (κ1) is 12.6. The van der Waals surface area contributed by atoms with E-state index >= 15 is 0 Å². The zero-order valence-corrected chi connectivity index (χ0v) is 10.1. The largest absolute Gasteiger partial charge is 0.416 e. The van der Waals surface area contributed by atoms with Crippen LogP contribution in [0.1, 0.15) is 24.8 Å². The maximum atomic E-state index is 12.4. The molecular weight excluding hydrogens is 247 g/mol. The van der Waals surface area contributed by atoms with Gasteiger partial charge in [0.25, 0.3) is 0 Å². The summed E-state index contributed by atoms with van der Waals surface area (Å²) in [6.45, 7) is 0. The molecule has 0 radical (unpaired) electrons. The van der Waals surface area contributed by atoms with Crippen LogP contribution >= 0.6 is 11.8 Å². The van der Waals surface area contributed by atoms with Crippen molar-refractivity contribution < 1.29 is 13.2 Å². The lowest BCUT2D eigenvalue weighted by molar-refractivity contribution is -0.137. The number of nitrogen functional groups attached to an aromatic ring is 1. The van der Waals surface area contributed by atoms with Crippen LogP contribution in [0.2, 0.25) is 0 Å². The number of rotatable bonds is 4. The number of hydrogen-bond donors (Lipinski definition) is 1. The highest BCUT2D eigenvalue weighted by molar-refractivity contribution is 7.99. The van der Waals surface area contributed by atoms with Crippen molar-refractivity contribution in [2.75, 3.05) is 11.5 Å². The maximum absolute atomic E-state index is 12.4. The van der Waals surface area contributed by atoms with E-state index in [2.05, 4.69) is 0 Å². The summed E-state index contributed by atoms with van der Waals surface area (Å²) in [4.78, 5) is 0.749. The van der Waals surface area contributed by atoms with Crippen molar-refractivity contribution in [3.05, 3.63) is 23.8 Å². The van der Waals surface area contributed by atoms with Crippen molar-refractivity contribution in [3.8, 4) is 0 Å². The van der Waals surface area contributed by atoms with Crippen molar-refractivity contribution in [2.45, 2.75) is 30.3 Å². The Bertz CT molecular complexity index is 399. The molecule has 1 aliphatic carbocycles. The third-order valence-electron chi connectivity index (χ3n) is 2.82. The first-order chi connectivity index (χ1) is 7.97. The molecule has 0 amide bonds. The fourth-order valence-corrected chi connectivity index (χ4v) is 2.66. The molecule has 0 aromatic heterocycles. The second-order valence-corrected chi connectivity index (χ2v) is 5.47. The molecule has 0 atom stereocenters. The van der Waals surface area contributed by atoms with E-state index in [-0.39, 0.29) is 5.69 Å². The van der Waals surface area contributed by atoms with E-state index in [4.69, 9.17) is 5.73 Å². The molecule has 0 aliphatic heterocycles. The van der Waals surface area contributed by atoms with Gasteiger partial charge in [-0.15, -0.1) is 11.8 Å². The van der Waals surface area contributed by atoms with Gasteiger partial charge >= 0.3 is 6.18 Å². The summed E-state index contributed by atoms with van der Waals surface area (Å²) in [6.07, 6.45) is -0.595. The van der Waals surface area contributed by atoms with Gasteiger partial charge in [0.05, 0.1) is 5.56 Å². The number of benzene rings is 1. The summed E-state index contributed by atoms with van der Waals surface area (Å²) in [5.74, 6) is 1.76. The topological polar surface area (TPSA) is 26.0 Å². The van der Waals surface area contributed by atoms with E-state index in [9.17, 15) is 13.2 Å². The Morgan fingerprint density at radius 3 is 2.53 bits per heavy atom. The van der Waals surface area contributed by atoms with Crippen LogP contribution in [-0.4, -0.2) is 5.75 Å². The van der Waals surface area contributed by atoms with E-state index in [1.54, 1.807) is 11.8 Å². The Kier molecular flexibility index (Phi) is 3.56. The fraction of sp³-hybridized carbons (Fsp3) is 0.500. The third kappa shape index (κ3) is 3.56. The Balaban J connectivity index is 1.97.